The summed E-state index contributed by atoms with van der Waals surface area (Å²) < 4.78 is 15.4. The van der Waals surface area contributed by atoms with Crippen LogP contribution in [0.5, 0.6) is 11.5 Å². The first-order valence-corrected chi connectivity index (χ1v) is 5.45. The molecule has 1 amide bonds. The van der Waals surface area contributed by atoms with Gasteiger partial charge < -0.3 is 19.5 Å². The third kappa shape index (κ3) is 3.04. The molecule has 0 unspecified atom stereocenters. The van der Waals surface area contributed by atoms with Crippen molar-refractivity contribution < 1.29 is 19.0 Å². The molecule has 94 valence electrons. The van der Waals surface area contributed by atoms with E-state index < -0.39 is 6.09 Å². The van der Waals surface area contributed by atoms with Crippen LogP contribution in [0.15, 0.2) is 18.2 Å². The van der Waals surface area contributed by atoms with Crippen LogP contribution in [0.3, 0.4) is 0 Å². The molecular formula is C12H12N2O4. The first kappa shape index (κ1) is 12.0. The van der Waals surface area contributed by atoms with E-state index in [2.05, 4.69) is 5.32 Å². The number of nitrogens with one attached hydrogen (secondary N) is 1. The van der Waals surface area contributed by atoms with E-state index in [1.165, 1.54) is 0 Å². The summed E-state index contributed by atoms with van der Waals surface area (Å²) in [7, 11) is 0. The molecule has 0 bridgehead atoms. The highest BCUT2D eigenvalue weighted by atomic mass is 16.7. The third-order valence-corrected chi connectivity index (χ3v) is 2.31. The second-order valence-electron chi connectivity index (χ2n) is 3.60. The quantitative estimate of drug-likeness (QED) is 0.818. The zero-order valence-electron chi connectivity index (χ0n) is 9.64. The van der Waals surface area contributed by atoms with Crippen LogP contribution >= 0.6 is 0 Å². The standard InChI is InChI=1S/C12H12N2O4/c13-4-1-5-14-12(15)16-7-9-2-3-10-11(6-9)18-8-17-10/h2-3,6H,1,5,7-8H2,(H,14,15). The lowest BCUT2D eigenvalue weighted by Gasteiger charge is -2.06. The minimum Gasteiger partial charge on any atom is -0.454 e. The molecule has 1 N–H and O–H groups in total. The normalized spacial score (nSPS) is 11.7. The maximum Gasteiger partial charge on any atom is 0.407 e. The Hall–Kier alpha value is -2.42. The van der Waals surface area contributed by atoms with Crippen molar-refractivity contribution in [3.05, 3.63) is 23.8 Å². The molecule has 1 aromatic rings. The van der Waals surface area contributed by atoms with Gasteiger partial charge in [0.25, 0.3) is 0 Å². The van der Waals surface area contributed by atoms with Crippen molar-refractivity contribution in [3.8, 4) is 17.6 Å². The fourth-order valence-corrected chi connectivity index (χ4v) is 1.45. The Labute approximate surface area is 104 Å². The lowest BCUT2D eigenvalue weighted by atomic mass is 10.2. The number of fused-ring (bicyclic) bond motifs is 1. The third-order valence-electron chi connectivity index (χ3n) is 2.31. The number of rotatable bonds is 4. The van der Waals surface area contributed by atoms with Gasteiger partial charge >= 0.3 is 6.09 Å². The lowest BCUT2D eigenvalue weighted by Crippen LogP contribution is -2.24. The number of benzene rings is 1. The molecule has 0 radical (unpaired) electrons. The van der Waals surface area contributed by atoms with E-state index in [1.807, 2.05) is 6.07 Å². The Morgan fingerprint density at radius 3 is 3.11 bits per heavy atom. The van der Waals surface area contributed by atoms with Crippen LogP contribution in [0.4, 0.5) is 4.79 Å². The molecule has 6 heteroatoms. The van der Waals surface area contributed by atoms with Crippen LogP contribution < -0.4 is 14.8 Å². The summed E-state index contributed by atoms with van der Waals surface area (Å²) in [5.74, 6) is 1.35. The number of nitriles is 1. The SMILES string of the molecule is N#CCCNC(=O)OCc1ccc2c(c1)OCO2. The molecule has 0 atom stereocenters. The molecule has 0 spiro atoms. The van der Waals surface area contributed by atoms with Crippen molar-refractivity contribution in [2.24, 2.45) is 0 Å². The molecule has 1 heterocycles. The monoisotopic (exact) mass is 248 g/mol. The first-order chi connectivity index (χ1) is 8.79. The molecule has 1 aliphatic rings. The molecule has 0 aromatic heterocycles. The van der Waals surface area contributed by atoms with Crippen LogP contribution in [0.1, 0.15) is 12.0 Å². The van der Waals surface area contributed by atoms with Gasteiger partial charge in [-0.3, -0.25) is 0 Å². The lowest BCUT2D eigenvalue weighted by molar-refractivity contribution is 0.139. The van der Waals surface area contributed by atoms with Crippen molar-refractivity contribution >= 4 is 6.09 Å². The smallest absolute Gasteiger partial charge is 0.407 e. The van der Waals surface area contributed by atoms with Crippen molar-refractivity contribution in [3.63, 3.8) is 0 Å². The summed E-state index contributed by atoms with van der Waals surface area (Å²) in [5.41, 5.74) is 0.815. The zero-order valence-corrected chi connectivity index (χ0v) is 9.64. The van der Waals surface area contributed by atoms with Crippen LogP contribution in [-0.2, 0) is 11.3 Å². The number of alkyl carbamates (subject to hydrolysis) is 1. The van der Waals surface area contributed by atoms with Gasteiger partial charge in [0.05, 0.1) is 12.5 Å². The minimum atomic E-state index is -0.539. The minimum absolute atomic E-state index is 0.148. The largest absolute Gasteiger partial charge is 0.454 e. The molecule has 0 fully saturated rings. The molecular weight excluding hydrogens is 236 g/mol. The number of hydrogen-bond acceptors (Lipinski definition) is 5. The Morgan fingerprint density at radius 1 is 1.44 bits per heavy atom. The summed E-state index contributed by atoms with van der Waals surface area (Å²) in [4.78, 5) is 11.2. The van der Waals surface area contributed by atoms with Gasteiger partial charge in [-0.2, -0.15) is 5.26 Å². The Morgan fingerprint density at radius 2 is 2.28 bits per heavy atom. The molecule has 18 heavy (non-hydrogen) atoms. The second kappa shape index (κ2) is 5.77. The maximum atomic E-state index is 11.2. The molecule has 0 saturated carbocycles. The number of amides is 1. The van der Waals surface area contributed by atoms with E-state index in [9.17, 15) is 4.79 Å². The highest BCUT2D eigenvalue weighted by Crippen LogP contribution is 2.32. The van der Waals surface area contributed by atoms with Crippen molar-refractivity contribution in [1.29, 1.82) is 5.26 Å². The number of nitrogens with zero attached hydrogens (tertiary/aromatic N) is 1. The molecule has 1 aliphatic heterocycles. The predicted molar refractivity (Wildman–Crippen MR) is 61.0 cm³/mol. The average molecular weight is 248 g/mol. The molecule has 2 rings (SSSR count). The number of carbonyl (C=O) groups excluding carboxylic acids is 1. The maximum absolute atomic E-state index is 11.2. The molecule has 6 nitrogen and oxygen atoms in total. The summed E-state index contributed by atoms with van der Waals surface area (Å²) in [6.07, 6.45) is -0.276. The van der Waals surface area contributed by atoms with Gasteiger partial charge in [-0.25, -0.2) is 4.79 Å². The predicted octanol–water partition coefficient (Wildman–Crippen LogP) is 1.56. The average Bonchev–Trinajstić information content (AvgIpc) is 2.84. The molecule has 1 aromatic carbocycles. The van der Waals surface area contributed by atoms with E-state index >= 15 is 0 Å². The zero-order chi connectivity index (χ0) is 12.8. The summed E-state index contributed by atoms with van der Waals surface area (Å²) in [6, 6.07) is 7.27. The highest BCUT2D eigenvalue weighted by molar-refractivity contribution is 5.67. The summed E-state index contributed by atoms with van der Waals surface area (Å²) in [5, 5.41) is 10.8. The van der Waals surface area contributed by atoms with E-state index in [4.69, 9.17) is 19.5 Å². The van der Waals surface area contributed by atoms with Crippen molar-refractivity contribution in [2.45, 2.75) is 13.0 Å². The number of carbonyl (C=O) groups is 1. The van der Waals surface area contributed by atoms with Crippen molar-refractivity contribution in [1.82, 2.24) is 5.32 Å². The Bertz CT molecular complexity index is 481. The van der Waals surface area contributed by atoms with E-state index in [0.29, 0.717) is 11.5 Å². The first-order valence-electron chi connectivity index (χ1n) is 5.45. The van der Waals surface area contributed by atoms with E-state index in [0.717, 1.165) is 5.56 Å². The topological polar surface area (TPSA) is 80.6 Å². The second-order valence-corrected chi connectivity index (χ2v) is 3.60. The fraction of sp³-hybridized carbons (Fsp3) is 0.333. The van der Waals surface area contributed by atoms with Gasteiger partial charge in [-0.1, -0.05) is 6.07 Å². The summed E-state index contributed by atoms with van der Waals surface area (Å²) in [6.45, 7) is 0.653. The number of hydrogen-bond donors (Lipinski definition) is 1. The Kier molecular flexibility index (Phi) is 3.86. The van der Waals surface area contributed by atoms with Crippen LogP contribution in [0, 0.1) is 11.3 Å². The van der Waals surface area contributed by atoms with Gasteiger partial charge in [0.15, 0.2) is 11.5 Å². The van der Waals surface area contributed by atoms with Crippen molar-refractivity contribution in [2.75, 3.05) is 13.3 Å². The van der Waals surface area contributed by atoms with Crippen LogP contribution in [0.25, 0.3) is 0 Å². The molecule has 0 saturated heterocycles. The van der Waals surface area contributed by atoms with E-state index in [1.54, 1.807) is 18.2 Å². The van der Waals surface area contributed by atoms with E-state index in [-0.39, 0.29) is 26.4 Å². The van der Waals surface area contributed by atoms with Gasteiger partial charge in [0.2, 0.25) is 6.79 Å². The summed E-state index contributed by atoms with van der Waals surface area (Å²) >= 11 is 0. The van der Waals surface area contributed by atoms with Gasteiger partial charge in [0, 0.05) is 6.54 Å². The fourth-order valence-electron chi connectivity index (χ4n) is 1.45. The van der Waals surface area contributed by atoms with Crippen LogP contribution in [-0.4, -0.2) is 19.4 Å². The van der Waals surface area contributed by atoms with Gasteiger partial charge in [-0.05, 0) is 17.7 Å². The molecule has 0 aliphatic carbocycles. The van der Waals surface area contributed by atoms with Gasteiger partial charge in [-0.15, -0.1) is 0 Å². The van der Waals surface area contributed by atoms with Crippen LogP contribution in [0.2, 0.25) is 0 Å². The highest BCUT2D eigenvalue weighted by Gasteiger charge is 2.13. The number of ether oxygens (including phenoxy) is 3. The Balaban J connectivity index is 1.80. The van der Waals surface area contributed by atoms with Gasteiger partial charge in [0.1, 0.15) is 6.61 Å².